The van der Waals surface area contributed by atoms with Gasteiger partial charge in [-0.15, -0.1) is 0 Å². The van der Waals surface area contributed by atoms with Crippen molar-refractivity contribution in [2.75, 3.05) is 14.2 Å². The van der Waals surface area contributed by atoms with E-state index in [1.165, 1.54) is 18.2 Å². The van der Waals surface area contributed by atoms with E-state index in [4.69, 9.17) is 9.47 Å². The molecule has 0 amide bonds. The summed E-state index contributed by atoms with van der Waals surface area (Å²) >= 11 is 0. The third kappa shape index (κ3) is 3.96. The number of aromatic hydroxyl groups is 1. The fraction of sp³-hybridized carbons (Fsp3) is 0.250. The molecule has 0 spiro atoms. The number of rotatable bonds is 7. The minimum atomic E-state index is -0.153. The third-order valence-corrected chi connectivity index (χ3v) is 3.73. The Kier molecular flexibility index (Phi) is 6.01. The van der Waals surface area contributed by atoms with Crippen LogP contribution in [0.4, 0.5) is 0 Å². The van der Waals surface area contributed by atoms with E-state index in [0.29, 0.717) is 11.3 Å². The van der Waals surface area contributed by atoms with Gasteiger partial charge in [0.2, 0.25) is 0 Å². The monoisotopic (exact) mass is 326 g/mol. The molecule has 0 heterocycles. The minimum Gasteiger partial charge on any atom is -0.508 e. The molecule has 2 aromatic rings. The second-order valence-corrected chi connectivity index (χ2v) is 5.37. The van der Waals surface area contributed by atoms with Crippen LogP contribution in [0.3, 0.4) is 0 Å². The zero-order valence-corrected chi connectivity index (χ0v) is 14.2. The summed E-state index contributed by atoms with van der Waals surface area (Å²) in [6, 6.07) is 10.0. The Morgan fingerprint density at radius 1 is 1.08 bits per heavy atom. The van der Waals surface area contributed by atoms with Crippen molar-refractivity contribution in [3.63, 3.8) is 0 Å². The summed E-state index contributed by atoms with van der Waals surface area (Å²) < 4.78 is 10.9. The highest BCUT2D eigenvalue weighted by molar-refractivity contribution is 6.07. The summed E-state index contributed by atoms with van der Waals surface area (Å²) in [6.45, 7) is 2.10. The number of benzene rings is 2. The largest absolute Gasteiger partial charge is 0.508 e. The Balaban J connectivity index is 2.37. The highest BCUT2D eigenvalue weighted by atomic mass is 16.5. The van der Waals surface area contributed by atoms with Gasteiger partial charge in [0.1, 0.15) is 17.2 Å². The maximum absolute atomic E-state index is 12.3. The Labute approximate surface area is 142 Å². The summed E-state index contributed by atoms with van der Waals surface area (Å²) in [5.74, 6) is 1.36. The number of carbonyl (C=O) groups excluding carboxylic acids is 1. The third-order valence-electron chi connectivity index (χ3n) is 3.73. The topological polar surface area (TPSA) is 55.8 Å². The van der Waals surface area contributed by atoms with Gasteiger partial charge in [-0.1, -0.05) is 19.4 Å². The zero-order chi connectivity index (χ0) is 17.5. The molecule has 0 atom stereocenters. The van der Waals surface area contributed by atoms with Gasteiger partial charge in [0.25, 0.3) is 0 Å². The summed E-state index contributed by atoms with van der Waals surface area (Å²) in [7, 11) is 3.21. The highest BCUT2D eigenvalue weighted by Crippen LogP contribution is 2.34. The van der Waals surface area contributed by atoms with E-state index >= 15 is 0 Å². The summed E-state index contributed by atoms with van der Waals surface area (Å²) in [5, 5.41) is 9.30. The predicted octanol–water partition coefficient (Wildman–Crippen LogP) is 4.26. The molecule has 24 heavy (non-hydrogen) atoms. The van der Waals surface area contributed by atoms with Gasteiger partial charge in [-0.2, -0.15) is 0 Å². The van der Waals surface area contributed by atoms with Crippen LogP contribution >= 0.6 is 0 Å². The Bertz CT molecular complexity index is 730. The fourth-order valence-corrected chi connectivity index (χ4v) is 2.55. The normalized spacial score (nSPS) is 10.8. The van der Waals surface area contributed by atoms with Crippen molar-refractivity contribution in [2.45, 2.75) is 19.8 Å². The SMILES string of the molecule is CCCc1ccc(OC)c(/C=C/C(=O)c2ccc(O)cc2)c1OC. The van der Waals surface area contributed by atoms with Gasteiger partial charge in [-0.25, -0.2) is 0 Å². The maximum Gasteiger partial charge on any atom is 0.185 e. The summed E-state index contributed by atoms with van der Waals surface area (Å²) in [5.41, 5.74) is 2.34. The number of allylic oxidation sites excluding steroid dienone is 1. The van der Waals surface area contributed by atoms with Crippen LogP contribution in [-0.4, -0.2) is 25.1 Å². The van der Waals surface area contributed by atoms with Crippen molar-refractivity contribution in [3.8, 4) is 17.2 Å². The van der Waals surface area contributed by atoms with E-state index in [-0.39, 0.29) is 11.5 Å². The Morgan fingerprint density at radius 2 is 1.79 bits per heavy atom. The first-order valence-electron chi connectivity index (χ1n) is 7.86. The van der Waals surface area contributed by atoms with Gasteiger partial charge in [0.15, 0.2) is 5.78 Å². The molecule has 1 N–H and O–H groups in total. The number of ether oxygens (including phenoxy) is 2. The van der Waals surface area contributed by atoms with Crippen LogP contribution in [0.2, 0.25) is 0 Å². The molecule has 0 aromatic heterocycles. The average Bonchev–Trinajstić information content (AvgIpc) is 2.60. The van der Waals surface area contributed by atoms with Crippen LogP contribution < -0.4 is 9.47 Å². The second kappa shape index (κ2) is 8.20. The zero-order valence-electron chi connectivity index (χ0n) is 14.2. The molecule has 0 unspecified atom stereocenters. The van der Waals surface area contributed by atoms with Crippen molar-refractivity contribution in [2.24, 2.45) is 0 Å². The van der Waals surface area contributed by atoms with Gasteiger partial charge < -0.3 is 14.6 Å². The van der Waals surface area contributed by atoms with E-state index in [0.717, 1.165) is 29.7 Å². The van der Waals surface area contributed by atoms with E-state index < -0.39 is 0 Å². The number of hydrogen-bond acceptors (Lipinski definition) is 4. The number of phenolic OH excluding ortho intramolecular Hbond substituents is 1. The molecule has 0 saturated carbocycles. The van der Waals surface area contributed by atoms with Crippen LogP contribution in [0.25, 0.3) is 6.08 Å². The first kappa shape index (κ1) is 17.6. The quantitative estimate of drug-likeness (QED) is 0.610. The molecule has 126 valence electrons. The standard InChI is InChI=1S/C20H22O4/c1-4-5-15-8-13-19(23-2)17(20(15)24-3)11-12-18(22)14-6-9-16(21)10-7-14/h6-13,21H,4-5H2,1-3H3/b12-11+. The van der Waals surface area contributed by atoms with E-state index in [1.807, 2.05) is 12.1 Å². The molecule has 2 aromatic carbocycles. The van der Waals surface area contributed by atoms with Crippen molar-refractivity contribution < 1.29 is 19.4 Å². The summed E-state index contributed by atoms with van der Waals surface area (Å²) in [4.78, 5) is 12.3. The molecule has 4 heteroatoms. The van der Waals surface area contributed by atoms with Crippen LogP contribution in [0.15, 0.2) is 42.5 Å². The molecular weight excluding hydrogens is 304 g/mol. The molecular formula is C20H22O4. The van der Waals surface area contributed by atoms with Gasteiger partial charge in [-0.3, -0.25) is 4.79 Å². The lowest BCUT2D eigenvalue weighted by atomic mass is 10.0. The van der Waals surface area contributed by atoms with Crippen LogP contribution in [-0.2, 0) is 6.42 Å². The lowest BCUT2D eigenvalue weighted by Crippen LogP contribution is -1.99. The molecule has 0 fully saturated rings. The first-order chi connectivity index (χ1) is 11.6. The molecule has 0 aliphatic carbocycles. The number of ketones is 1. The van der Waals surface area contributed by atoms with Gasteiger partial charge in [-0.05, 0) is 54.5 Å². The van der Waals surface area contributed by atoms with Gasteiger partial charge >= 0.3 is 0 Å². The van der Waals surface area contributed by atoms with E-state index in [1.54, 1.807) is 32.4 Å². The molecule has 0 bridgehead atoms. The molecule has 0 saturated heterocycles. The van der Waals surface area contributed by atoms with Crippen LogP contribution in [0.1, 0.15) is 34.8 Å². The maximum atomic E-state index is 12.3. The fourth-order valence-electron chi connectivity index (χ4n) is 2.55. The molecule has 0 radical (unpaired) electrons. The minimum absolute atomic E-state index is 0.131. The van der Waals surface area contributed by atoms with E-state index in [9.17, 15) is 9.90 Å². The van der Waals surface area contributed by atoms with Crippen molar-refractivity contribution in [1.29, 1.82) is 0 Å². The number of carbonyl (C=O) groups is 1. The molecule has 4 nitrogen and oxygen atoms in total. The average molecular weight is 326 g/mol. The lowest BCUT2D eigenvalue weighted by Gasteiger charge is -2.14. The molecule has 0 aliphatic heterocycles. The predicted molar refractivity (Wildman–Crippen MR) is 95.0 cm³/mol. The highest BCUT2D eigenvalue weighted by Gasteiger charge is 2.13. The van der Waals surface area contributed by atoms with Crippen molar-refractivity contribution in [3.05, 3.63) is 59.2 Å². The van der Waals surface area contributed by atoms with Crippen molar-refractivity contribution >= 4 is 11.9 Å². The van der Waals surface area contributed by atoms with Gasteiger partial charge in [0, 0.05) is 5.56 Å². The molecule has 2 rings (SSSR count). The Morgan fingerprint density at radius 3 is 2.38 bits per heavy atom. The smallest absolute Gasteiger partial charge is 0.185 e. The Hall–Kier alpha value is -2.75. The number of hydrogen-bond donors (Lipinski definition) is 1. The number of methoxy groups -OCH3 is 2. The summed E-state index contributed by atoms with van der Waals surface area (Å²) in [6.07, 6.45) is 5.09. The first-order valence-corrected chi connectivity index (χ1v) is 7.86. The number of aryl methyl sites for hydroxylation is 1. The lowest BCUT2D eigenvalue weighted by molar-refractivity contribution is 0.104. The second-order valence-electron chi connectivity index (χ2n) is 5.37. The van der Waals surface area contributed by atoms with E-state index in [2.05, 4.69) is 6.92 Å². The van der Waals surface area contributed by atoms with Gasteiger partial charge in [0.05, 0.1) is 19.8 Å². The van der Waals surface area contributed by atoms with Crippen LogP contribution in [0, 0.1) is 0 Å². The van der Waals surface area contributed by atoms with Crippen molar-refractivity contribution in [1.82, 2.24) is 0 Å². The number of phenols is 1. The van der Waals surface area contributed by atoms with Crippen LogP contribution in [0.5, 0.6) is 17.2 Å². The molecule has 0 aliphatic rings.